The monoisotopic (exact) mass is 284 g/mol. The number of anilines is 1. The summed E-state index contributed by atoms with van der Waals surface area (Å²) in [6.45, 7) is 2.34. The highest BCUT2D eigenvalue weighted by molar-refractivity contribution is 9.10. The van der Waals surface area contributed by atoms with Crippen molar-refractivity contribution in [1.82, 2.24) is 14.9 Å². The van der Waals surface area contributed by atoms with Crippen molar-refractivity contribution < 1.29 is 0 Å². The van der Waals surface area contributed by atoms with Crippen LogP contribution in [0.1, 0.15) is 12.8 Å². The van der Waals surface area contributed by atoms with Gasteiger partial charge in [0.2, 0.25) is 0 Å². The van der Waals surface area contributed by atoms with Gasteiger partial charge in [0, 0.05) is 19.2 Å². The molecule has 0 aliphatic carbocycles. The molecule has 0 amide bonds. The van der Waals surface area contributed by atoms with Gasteiger partial charge in [0.15, 0.2) is 0 Å². The number of halogens is 1. The SMILES string of the molecule is CN1CCC(N(C)c2cc(Br)ncn2)CC1. The molecule has 0 atom stereocenters. The Morgan fingerprint density at radius 3 is 2.69 bits per heavy atom. The van der Waals surface area contributed by atoms with Crippen LogP contribution in [0.3, 0.4) is 0 Å². The molecular formula is C11H17BrN4. The Hall–Kier alpha value is -0.680. The Balaban J connectivity index is 2.04. The minimum atomic E-state index is 0.595. The van der Waals surface area contributed by atoms with Crippen LogP contribution in [0.5, 0.6) is 0 Å². The van der Waals surface area contributed by atoms with Gasteiger partial charge in [-0.05, 0) is 48.9 Å². The highest BCUT2D eigenvalue weighted by Crippen LogP contribution is 2.21. The van der Waals surface area contributed by atoms with Crippen LogP contribution >= 0.6 is 15.9 Å². The van der Waals surface area contributed by atoms with Crippen LogP contribution in [0.4, 0.5) is 5.82 Å². The summed E-state index contributed by atoms with van der Waals surface area (Å²) in [4.78, 5) is 13.0. The second-order valence-electron chi connectivity index (χ2n) is 4.34. The summed E-state index contributed by atoms with van der Waals surface area (Å²) in [5, 5.41) is 0. The molecule has 0 aromatic carbocycles. The van der Waals surface area contributed by atoms with Gasteiger partial charge in [0.05, 0.1) is 0 Å². The maximum absolute atomic E-state index is 4.30. The Labute approximate surface area is 105 Å². The van der Waals surface area contributed by atoms with Crippen molar-refractivity contribution in [1.29, 1.82) is 0 Å². The Kier molecular flexibility index (Phi) is 3.76. The Morgan fingerprint density at radius 2 is 2.06 bits per heavy atom. The zero-order chi connectivity index (χ0) is 11.5. The van der Waals surface area contributed by atoms with E-state index in [1.807, 2.05) is 6.07 Å². The molecule has 2 heterocycles. The molecule has 1 fully saturated rings. The number of nitrogens with zero attached hydrogens (tertiary/aromatic N) is 4. The number of hydrogen-bond donors (Lipinski definition) is 0. The summed E-state index contributed by atoms with van der Waals surface area (Å²) in [6.07, 6.45) is 4.01. The van der Waals surface area contributed by atoms with E-state index in [0.29, 0.717) is 6.04 Å². The first-order chi connectivity index (χ1) is 7.66. The van der Waals surface area contributed by atoms with Gasteiger partial charge >= 0.3 is 0 Å². The Bertz CT molecular complexity index is 350. The lowest BCUT2D eigenvalue weighted by Gasteiger charge is -2.35. The molecule has 0 N–H and O–H groups in total. The van der Waals surface area contributed by atoms with E-state index in [2.05, 4.69) is 49.8 Å². The predicted octanol–water partition coefficient (Wildman–Crippen LogP) is 1.77. The van der Waals surface area contributed by atoms with Crippen molar-refractivity contribution in [3.05, 3.63) is 17.0 Å². The molecule has 88 valence electrons. The maximum Gasteiger partial charge on any atom is 0.133 e. The molecule has 2 rings (SSSR count). The topological polar surface area (TPSA) is 32.3 Å². The lowest BCUT2D eigenvalue weighted by atomic mass is 10.0. The molecule has 0 unspecified atom stereocenters. The van der Waals surface area contributed by atoms with Crippen molar-refractivity contribution >= 4 is 21.7 Å². The second-order valence-corrected chi connectivity index (χ2v) is 5.16. The summed E-state index contributed by atoms with van der Waals surface area (Å²) in [6, 6.07) is 2.57. The van der Waals surface area contributed by atoms with E-state index in [1.54, 1.807) is 6.33 Å². The summed E-state index contributed by atoms with van der Waals surface area (Å²) in [7, 11) is 4.29. The van der Waals surface area contributed by atoms with E-state index in [1.165, 1.54) is 25.9 Å². The van der Waals surface area contributed by atoms with Crippen LogP contribution in [0, 0.1) is 0 Å². The van der Waals surface area contributed by atoms with E-state index >= 15 is 0 Å². The minimum Gasteiger partial charge on any atom is -0.356 e. The summed E-state index contributed by atoms with van der Waals surface area (Å²) >= 11 is 3.38. The third kappa shape index (κ3) is 2.71. The van der Waals surface area contributed by atoms with Crippen molar-refractivity contribution in [2.24, 2.45) is 0 Å². The molecular weight excluding hydrogens is 268 g/mol. The van der Waals surface area contributed by atoms with Gasteiger partial charge in [-0.25, -0.2) is 9.97 Å². The number of hydrogen-bond acceptors (Lipinski definition) is 4. The first-order valence-electron chi connectivity index (χ1n) is 5.56. The van der Waals surface area contributed by atoms with Gasteiger partial charge in [-0.1, -0.05) is 0 Å². The van der Waals surface area contributed by atoms with E-state index in [-0.39, 0.29) is 0 Å². The molecule has 0 bridgehead atoms. The van der Waals surface area contributed by atoms with E-state index < -0.39 is 0 Å². The summed E-state index contributed by atoms with van der Waals surface area (Å²) in [5.74, 6) is 0.997. The van der Waals surface area contributed by atoms with Gasteiger partial charge < -0.3 is 9.80 Å². The van der Waals surface area contributed by atoms with Crippen LogP contribution in [0.25, 0.3) is 0 Å². The maximum atomic E-state index is 4.30. The molecule has 1 aliphatic heterocycles. The second kappa shape index (κ2) is 5.10. The van der Waals surface area contributed by atoms with Gasteiger partial charge in [0.1, 0.15) is 16.7 Å². The fourth-order valence-corrected chi connectivity index (χ4v) is 2.38. The largest absolute Gasteiger partial charge is 0.356 e. The lowest BCUT2D eigenvalue weighted by Crippen LogP contribution is -2.42. The molecule has 1 aromatic heterocycles. The van der Waals surface area contributed by atoms with E-state index in [9.17, 15) is 0 Å². The van der Waals surface area contributed by atoms with Crippen molar-refractivity contribution in [3.8, 4) is 0 Å². The average Bonchev–Trinajstić information content (AvgIpc) is 2.29. The highest BCUT2D eigenvalue weighted by atomic mass is 79.9. The van der Waals surface area contributed by atoms with Crippen LogP contribution in [-0.4, -0.2) is 48.1 Å². The van der Waals surface area contributed by atoms with Gasteiger partial charge in [-0.3, -0.25) is 0 Å². The molecule has 4 nitrogen and oxygen atoms in total. The minimum absolute atomic E-state index is 0.595. The molecule has 1 aliphatic rings. The normalized spacial score (nSPS) is 18.7. The smallest absolute Gasteiger partial charge is 0.133 e. The molecule has 1 aromatic rings. The summed E-state index contributed by atoms with van der Waals surface area (Å²) in [5.41, 5.74) is 0. The summed E-state index contributed by atoms with van der Waals surface area (Å²) < 4.78 is 0.845. The lowest BCUT2D eigenvalue weighted by molar-refractivity contribution is 0.252. The van der Waals surface area contributed by atoms with Crippen LogP contribution in [-0.2, 0) is 0 Å². The zero-order valence-corrected chi connectivity index (χ0v) is 11.3. The highest BCUT2D eigenvalue weighted by Gasteiger charge is 2.21. The molecule has 1 saturated heterocycles. The van der Waals surface area contributed by atoms with Crippen molar-refractivity contribution in [2.75, 3.05) is 32.1 Å². The van der Waals surface area contributed by atoms with E-state index in [0.717, 1.165) is 10.4 Å². The van der Waals surface area contributed by atoms with E-state index in [4.69, 9.17) is 0 Å². The first kappa shape index (κ1) is 11.8. The Morgan fingerprint density at radius 1 is 1.38 bits per heavy atom. The molecule has 0 radical (unpaired) electrons. The standard InChI is InChI=1S/C11H17BrN4/c1-15-5-3-9(4-6-15)16(2)11-7-10(12)13-8-14-11/h7-9H,3-6H2,1-2H3. The quantitative estimate of drug-likeness (QED) is 0.775. The van der Waals surface area contributed by atoms with Gasteiger partial charge in [0.25, 0.3) is 0 Å². The fraction of sp³-hybridized carbons (Fsp3) is 0.636. The van der Waals surface area contributed by atoms with Gasteiger partial charge in [-0.2, -0.15) is 0 Å². The molecule has 16 heavy (non-hydrogen) atoms. The third-order valence-electron chi connectivity index (χ3n) is 3.22. The van der Waals surface area contributed by atoms with Gasteiger partial charge in [-0.15, -0.1) is 0 Å². The molecule has 0 spiro atoms. The molecule has 0 saturated carbocycles. The molecule has 5 heteroatoms. The van der Waals surface area contributed by atoms with Crippen LogP contribution in [0.15, 0.2) is 17.0 Å². The predicted molar refractivity (Wildman–Crippen MR) is 68.7 cm³/mol. The first-order valence-corrected chi connectivity index (χ1v) is 6.35. The fourth-order valence-electron chi connectivity index (χ4n) is 2.09. The van der Waals surface area contributed by atoms with Crippen molar-refractivity contribution in [3.63, 3.8) is 0 Å². The third-order valence-corrected chi connectivity index (χ3v) is 3.65. The number of piperidine rings is 1. The van der Waals surface area contributed by atoms with Crippen LogP contribution < -0.4 is 4.90 Å². The average molecular weight is 285 g/mol. The van der Waals surface area contributed by atoms with Crippen molar-refractivity contribution in [2.45, 2.75) is 18.9 Å². The number of likely N-dealkylation sites (tertiary alicyclic amines) is 1. The zero-order valence-electron chi connectivity index (χ0n) is 9.73. The van der Waals surface area contributed by atoms with Crippen LogP contribution in [0.2, 0.25) is 0 Å². The number of rotatable bonds is 2. The number of aromatic nitrogens is 2.